The van der Waals surface area contributed by atoms with Gasteiger partial charge in [0.1, 0.15) is 0 Å². The van der Waals surface area contributed by atoms with Crippen LogP contribution < -0.4 is 11.3 Å². The zero-order chi connectivity index (χ0) is 14.6. The molecule has 3 N–H and O–H groups in total. The van der Waals surface area contributed by atoms with Crippen molar-refractivity contribution in [3.63, 3.8) is 0 Å². The molecule has 1 heterocycles. The Kier molecular flexibility index (Phi) is 4.64. The standard InChI is InChI=1S/C13H15N3O2S2/c1-20(17,18)13-4-2-12(3-5-13)19-9-11-8-10(16-14)6-7-15-11/h2-8H,9,14H2,1H3,(H,15,16). The summed E-state index contributed by atoms with van der Waals surface area (Å²) in [4.78, 5) is 5.57. The van der Waals surface area contributed by atoms with Crippen molar-refractivity contribution in [2.75, 3.05) is 11.7 Å². The fourth-order valence-electron chi connectivity index (χ4n) is 1.59. The molecule has 0 radical (unpaired) electrons. The number of aromatic nitrogens is 1. The van der Waals surface area contributed by atoms with Crippen LogP contribution in [0.25, 0.3) is 0 Å². The largest absolute Gasteiger partial charge is 0.324 e. The van der Waals surface area contributed by atoms with Gasteiger partial charge in [0.05, 0.1) is 16.3 Å². The van der Waals surface area contributed by atoms with Crippen molar-refractivity contribution in [3.05, 3.63) is 48.3 Å². The van der Waals surface area contributed by atoms with Gasteiger partial charge in [-0.15, -0.1) is 11.8 Å². The lowest BCUT2D eigenvalue weighted by molar-refractivity contribution is 0.602. The van der Waals surface area contributed by atoms with Crippen LogP contribution >= 0.6 is 11.8 Å². The number of nitrogens with one attached hydrogen (secondary N) is 1. The summed E-state index contributed by atoms with van der Waals surface area (Å²) in [5.74, 6) is 6.03. The third kappa shape index (κ3) is 3.96. The Morgan fingerprint density at radius 2 is 1.95 bits per heavy atom. The molecule has 5 nitrogen and oxygen atoms in total. The summed E-state index contributed by atoms with van der Waals surface area (Å²) in [6, 6.07) is 10.5. The first-order valence-electron chi connectivity index (χ1n) is 5.83. The number of thioether (sulfide) groups is 1. The summed E-state index contributed by atoms with van der Waals surface area (Å²) in [6.07, 6.45) is 2.89. The highest BCUT2D eigenvalue weighted by molar-refractivity contribution is 7.98. The smallest absolute Gasteiger partial charge is 0.175 e. The molecule has 7 heteroatoms. The molecule has 0 spiro atoms. The molecule has 0 fully saturated rings. The van der Waals surface area contributed by atoms with Crippen molar-refractivity contribution in [2.45, 2.75) is 15.5 Å². The van der Waals surface area contributed by atoms with E-state index in [1.54, 1.807) is 48.3 Å². The third-order valence-corrected chi connectivity index (χ3v) is 4.80. The van der Waals surface area contributed by atoms with Gasteiger partial charge in [0.25, 0.3) is 0 Å². The molecular weight excluding hydrogens is 294 g/mol. The molecule has 1 aromatic heterocycles. The molecule has 0 unspecified atom stereocenters. The Balaban J connectivity index is 2.04. The summed E-state index contributed by atoms with van der Waals surface area (Å²) in [5, 5.41) is 0. The molecule has 0 amide bonds. The van der Waals surface area contributed by atoms with E-state index in [1.807, 2.05) is 6.07 Å². The second-order valence-corrected chi connectivity index (χ2v) is 7.28. The predicted molar refractivity (Wildman–Crippen MR) is 81.2 cm³/mol. The maximum Gasteiger partial charge on any atom is 0.175 e. The maximum atomic E-state index is 11.4. The highest BCUT2D eigenvalue weighted by Crippen LogP contribution is 2.24. The van der Waals surface area contributed by atoms with E-state index >= 15 is 0 Å². The second kappa shape index (κ2) is 6.25. The van der Waals surface area contributed by atoms with Crippen LogP contribution in [0.5, 0.6) is 0 Å². The van der Waals surface area contributed by atoms with E-state index < -0.39 is 9.84 Å². The monoisotopic (exact) mass is 309 g/mol. The van der Waals surface area contributed by atoms with Gasteiger partial charge >= 0.3 is 0 Å². The molecule has 0 atom stereocenters. The summed E-state index contributed by atoms with van der Waals surface area (Å²) in [6.45, 7) is 0. The van der Waals surface area contributed by atoms with E-state index in [4.69, 9.17) is 5.84 Å². The van der Waals surface area contributed by atoms with Gasteiger partial charge in [0, 0.05) is 23.1 Å². The molecule has 2 rings (SSSR count). The van der Waals surface area contributed by atoms with E-state index in [1.165, 1.54) is 6.26 Å². The molecule has 0 saturated carbocycles. The van der Waals surface area contributed by atoms with Gasteiger partial charge in [-0.25, -0.2) is 8.42 Å². The summed E-state index contributed by atoms with van der Waals surface area (Å²) in [7, 11) is -3.14. The summed E-state index contributed by atoms with van der Waals surface area (Å²) in [5.41, 5.74) is 4.28. The first kappa shape index (κ1) is 14.8. The molecule has 2 aromatic rings. The lowest BCUT2D eigenvalue weighted by Gasteiger charge is -2.05. The number of benzene rings is 1. The zero-order valence-corrected chi connectivity index (χ0v) is 12.5. The SMILES string of the molecule is CS(=O)(=O)c1ccc(SCc2cc(NN)ccn2)cc1. The molecule has 0 aliphatic rings. The van der Waals surface area contributed by atoms with E-state index in [9.17, 15) is 8.42 Å². The second-order valence-electron chi connectivity index (χ2n) is 4.21. The van der Waals surface area contributed by atoms with Crippen molar-refractivity contribution in [1.29, 1.82) is 0 Å². The van der Waals surface area contributed by atoms with Crippen LogP contribution in [-0.4, -0.2) is 19.7 Å². The number of pyridine rings is 1. The first-order valence-corrected chi connectivity index (χ1v) is 8.71. The fourth-order valence-corrected chi connectivity index (χ4v) is 3.02. The Hall–Kier alpha value is -1.57. The molecule has 0 saturated heterocycles. The van der Waals surface area contributed by atoms with Crippen LogP contribution in [0.15, 0.2) is 52.4 Å². The fraction of sp³-hybridized carbons (Fsp3) is 0.154. The van der Waals surface area contributed by atoms with Gasteiger partial charge < -0.3 is 5.43 Å². The van der Waals surface area contributed by atoms with Crippen LogP contribution in [0.3, 0.4) is 0 Å². The highest BCUT2D eigenvalue weighted by Gasteiger charge is 2.06. The molecule has 20 heavy (non-hydrogen) atoms. The van der Waals surface area contributed by atoms with E-state index in [-0.39, 0.29) is 0 Å². The van der Waals surface area contributed by atoms with Gasteiger partial charge in [-0.05, 0) is 36.4 Å². The quantitative estimate of drug-likeness (QED) is 0.499. The van der Waals surface area contributed by atoms with Crippen molar-refractivity contribution >= 4 is 27.3 Å². The number of rotatable bonds is 5. The number of anilines is 1. The first-order chi connectivity index (χ1) is 9.49. The summed E-state index contributed by atoms with van der Waals surface area (Å²) >= 11 is 1.59. The topological polar surface area (TPSA) is 85.1 Å². The number of nitrogens with two attached hydrogens (primary N) is 1. The minimum absolute atomic E-state index is 0.328. The van der Waals surface area contributed by atoms with Gasteiger partial charge in [0.2, 0.25) is 0 Å². The van der Waals surface area contributed by atoms with E-state index in [0.717, 1.165) is 16.3 Å². The van der Waals surface area contributed by atoms with Gasteiger partial charge in [-0.1, -0.05) is 0 Å². The average Bonchev–Trinajstić information content (AvgIpc) is 2.45. The number of nitrogen functional groups attached to an aromatic ring is 1. The van der Waals surface area contributed by atoms with Crippen molar-refractivity contribution in [3.8, 4) is 0 Å². The maximum absolute atomic E-state index is 11.4. The van der Waals surface area contributed by atoms with Crippen LogP contribution in [0.2, 0.25) is 0 Å². The highest BCUT2D eigenvalue weighted by atomic mass is 32.2. The molecule has 0 aliphatic heterocycles. The van der Waals surface area contributed by atoms with Crippen molar-refractivity contribution in [1.82, 2.24) is 4.98 Å². The van der Waals surface area contributed by atoms with E-state index in [0.29, 0.717) is 10.6 Å². The number of hydrogen-bond donors (Lipinski definition) is 2. The van der Waals surface area contributed by atoms with Crippen LogP contribution in [0, 0.1) is 0 Å². The Labute approximate surface area is 122 Å². The minimum Gasteiger partial charge on any atom is -0.324 e. The molecule has 0 bridgehead atoms. The normalized spacial score (nSPS) is 11.3. The number of hydrogen-bond acceptors (Lipinski definition) is 6. The molecule has 106 valence electrons. The molecule has 1 aromatic carbocycles. The Bertz CT molecular complexity index is 685. The minimum atomic E-state index is -3.14. The third-order valence-electron chi connectivity index (χ3n) is 2.62. The summed E-state index contributed by atoms with van der Waals surface area (Å²) < 4.78 is 22.7. The van der Waals surface area contributed by atoms with Crippen molar-refractivity contribution in [2.24, 2.45) is 5.84 Å². The average molecular weight is 309 g/mol. The lowest BCUT2D eigenvalue weighted by atomic mass is 10.3. The van der Waals surface area contributed by atoms with Crippen LogP contribution in [0.1, 0.15) is 5.69 Å². The van der Waals surface area contributed by atoms with Crippen LogP contribution in [-0.2, 0) is 15.6 Å². The van der Waals surface area contributed by atoms with Gasteiger partial charge in [-0.3, -0.25) is 10.8 Å². The molecule has 0 aliphatic carbocycles. The van der Waals surface area contributed by atoms with Gasteiger partial charge in [-0.2, -0.15) is 0 Å². The van der Waals surface area contributed by atoms with Gasteiger partial charge in [0.15, 0.2) is 9.84 Å². The Morgan fingerprint density at radius 1 is 1.25 bits per heavy atom. The number of hydrazine groups is 1. The predicted octanol–water partition coefficient (Wildman–Crippen LogP) is 2.06. The van der Waals surface area contributed by atoms with Crippen molar-refractivity contribution < 1.29 is 8.42 Å². The zero-order valence-electron chi connectivity index (χ0n) is 10.9. The Morgan fingerprint density at radius 3 is 2.55 bits per heavy atom. The number of sulfone groups is 1. The van der Waals surface area contributed by atoms with Crippen LogP contribution in [0.4, 0.5) is 5.69 Å². The molecular formula is C13H15N3O2S2. The lowest BCUT2D eigenvalue weighted by Crippen LogP contribution is -2.07. The number of nitrogens with zero attached hydrogens (tertiary/aromatic N) is 1. The van der Waals surface area contributed by atoms with E-state index in [2.05, 4.69) is 10.4 Å².